The van der Waals surface area contributed by atoms with Gasteiger partial charge in [0.2, 0.25) is 0 Å². The molecule has 0 spiro atoms. The van der Waals surface area contributed by atoms with Crippen molar-refractivity contribution in [2.24, 2.45) is 11.5 Å². The highest BCUT2D eigenvalue weighted by atomic mass is 16.2. The van der Waals surface area contributed by atoms with Crippen molar-refractivity contribution in [2.45, 2.75) is 26.2 Å². The third-order valence-electron chi connectivity index (χ3n) is 1.50. The highest BCUT2D eigenvalue weighted by Gasteiger charge is 2.09. The van der Waals surface area contributed by atoms with Crippen molar-refractivity contribution in [3.05, 3.63) is 0 Å². The molecule has 6 nitrogen and oxygen atoms in total. The zero-order valence-electron chi connectivity index (χ0n) is 7.75. The van der Waals surface area contributed by atoms with Crippen molar-refractivity contribution >= 4 is 12.1 Å². The second-order valence-electron chi connectivity index (χ2n) is 2.67. The van der Waals surface area contributed by atoms with Gasteiger partial charge in [0.25, 0.3) is 0 Å². The smallest absolute Gasteiger partial charge is 0.333 e. The monoisotopic (exact) mass is 188 g/mol. The van der Waals surface area contributed by atoms with Gasteiger partial charge in [0.1, 0.15) is 0 Å². The summed E-state index contributed by atoms with van der Waals surface area (Å²) in [4.78, 5) is 21.1. The van der Waals surface area contributed by atoms with E-state index in [-0.39, 0.29) is 0 Å². The molecule has 0 aliphatic carbocycles. The first-order valence-corrected chi connectivity index (χ1v) is 4.21. The number of rotatable bonds is 4. The maximum absolute atomic E-state index is 10.7. The number of carbonyl (C=O) groups is 2. The van der Waals surface area contributed by atoms with E-state index in [9.17, 15) is 9.59 Å². The molecule has 76 valence electrons. The first kappa shape index (κ1) is 11.5. The average molecular weight is 188 g/mol. The molecule has 4 amide bonds. The molecule has 0 heterocycles. The van der Waals surface area contributed by atoms with Gasteiger partial charge in [-0.3, -0.25) is 0 Å². The average Bonchev–Trinajstić information content (AvgIpc) is 2.02. The number of primary amides is 2. The third-order valence-corrected chi connectivity index (χ3v) is 1.50. The second-order valence-corrected chi connectivity index (χ2v) is 2.67. The third kappa shape index (κ3) is 5.77. The van der Waals surface area contributed by atoms with Crippen LogP contribution in [0.15, 0.2) is 0 Å². The Morgan fingerprint density at radius 1 is 1.31 bits per heavy atom. The summed E-state index contributed by atoms with van der Waals surface area (Å²) in [5.41, 5.74) is 12.0. The van der Waals surface area contributed by atoms with Crippen LogP contribution in [0.3, 0.4) is 0 Å². The number of unbranched alkanes of at least 4 members (excludes halogenated alkanes) is 2. The summed E-state index contributed by atoms with van der Waals surface area (Å²) < 4.78 is 0. The molecule has 0 fully saturated rings. The van der Waals surface area contributed by atoms with Gasteiger partial charge in [-0.1, -0.05) is 19.8 Å². The van der Waals surface area contributed by atoms with E-state index < -0.39 is 12.1 Å². The van der Waals surface area contributed by atoms with E-state index in [2.05, 4.69) is 5.43 Å². The first-order valence-electron chi connectivity index (χ1n) is 4.21. The Kier molecular flexibility index (Phi) is 5.42. The maximum atomic E-state index is 10.7. The lowest BCUT2D eigenvalue weighted by atomic mass is 10.2. The van der Waals surface area contributed by atoms with Gasteiger partial charge in [-0.15, -0.1) is 0 Å². The Balaban J connectivity index is 3.81. The van der Waals surface area contributed by atoms with Crippen LogP contribution >= 0.6 is 0 Å². The van der Waals surface area contributed by atoms with Crippen LogP contribution in [-0.4, -0.2) is 23.6 Å². The van der Waals surface area contributed by atoms with Crippen molar-refractivity contribution in [2.75, 3.05) is 6.54 Å². The number of nitrogens with one attached hydrogen (secondary N) is 1. The van der Waals surface area contributed by atoms with Crippen LogP contribution in [0.4, 0.5) is 9.59 Å². The van der Waals surface area contributed by atoms with Crippen LogP contribution in [0.1, 0.15) is 26.2 Å². The highest BCUT2D eigenvalue weighted by molar-refractivity contribution is 5.78. The summed E-state index contributed by atoms with van der Waals surface area (Å²) >= 11 is 0. The van der Waals surface area contributed by atoms with Crippen molar-refractivity contribution in [1.82, 2.24) is 10.4 Å². The summed E-state index contributed by atoms with van der Waals surface area (Å²) in [5, 5.41) is 1.01. The fraction of sp³-hybridized carbons (Fsp3) is 0.714. The number of hydrogen-bond donors (Lipinski definition) is 3. The first-order chi connectivity index (χ1) is 6.07. The Morgan fingerprint density at radius 2 is 1.92 bits per heavy atom. The minimum atomic E-state index is -0.782. The zero-order valence-corrected chi connectivity index (χ0v) is 7.75. The topological polar surface area (TPSA) is 101 Å². The van der Waals surface area contributed by atoms with Gasteiger partial charge in [0.05, 0.1) is 0 Å². The van der Waals surface area contributed by atoms with Crippen molar-refractivity contribution in [1.29, 1.82) is 0 Å². The Hall–Kier alpha value is -1.46. The summed E-state index contributed by atoms with van der Waals surface area (Å²) in [6.07, 6.45) is 2.80. The van der Waals surface area contributed by atoms with Crippen molar-refractivity contribution < 1.29 is 9.59 Å². The van der Waals surface area contributed by atoms with Crippen LogP contribution in [0.5, 0.6) is 0 Å². The fourth-order valence-electron chi connectivity index (χ4n) is 0.874. The van der Waals surface area contributed by atoms with Gasteiger partial charge >= 0.3 is 12.1 Å². The molecule has 0 aromatic heterocycles. The lowest BCUT2D eigenvalue weighted by Crippen LogP contribution is -2.51. The number of urea groups is 2. The van der Waals surface area contributed by atoms with Crippen molar-refractivity contribution in [3.8, 4) is 0 Å². The van der Waals surface area contributed by atoms with Gasteiger partial charge in [0, 0.05) is 6.54 Å². The zero-order chi connectivity index (χ0) is 10.3. The van der Waals surface area contributed by atoms with E-state index in [0.717, 1.165) is 24.3 Å². The molecular weight excluding hydrogens is 172 g/mol. The number of hydrogen-bond acceptors (Lipinski definition) is 2. The molecule has 6 heteroatoms. The quantitative estimate of drug-likeness (QED) is 0.431. The normalized spacial score (nSPS) is 9.31. The summed E-state index contributed by atoms with van der Waals surface area (Å²) in [7, 11) is 0. The number of hydrazine groups is 1. The summed E-state index contributed by atoms with van der Waals surface area (Å²) in [5.74, 6) is 0. The van der Waals surface area contributed by atoms with Crippen LogP contribution < -0.4 is 16.9 Å². The molecule has 0 saturated carbocycles. The summed E-state index contributed by atoms with van der Waals surface area (Å²) in [6.45, 7) is 2.43. The van der Waals surface area contributed by atoms with Gasteiger partial charge in [0.15, 0.2) is 0 Å². The van der Waals surface area contributed by atoms with Crippen LogP contribution in [0.25, 0.3) is 0 Å². The van der Waals surface area contributed by atoms with Crippen molar-refractivity contribution in [3.63, 3.8) is 0 Å². The van der Waals surface area contributed by atoms with Gasteiger partial charge < -0.3 is 11.5 Å². The Morgan fingerprint density at radius 3 is 2.31 bits per heavy atom. The number of nitrogens with two attached hydrogens (primary N) is 2. The minimum Gasteiger partial charge on any atom is -0.350 e. The maximum Gasteiger partial charge on any atom is 0.333 e. The van der Waals surface area contributed by atoms with E-state index in [1.54, 1.807) is 0 Å². The Bertz CT molecular complexity index is 183. The molecule has 0 unspecified atom stereocenters. The number of amides is 4. The molecule has 0 aliphatic heterocycles. The lowest BCUT2D eigenvalue weighted by Gasteiger charge is -2.19. The molecule has 0 rings (SSSR count). The summed E-state index contributed by atoms with van der Waals surface area (Å²) in [6, 6.07) is -1.48. The van der Waals surface area contributed by atoms with Gasteiger partial charge in [-0.2, -0.15) is 0 Å². The van der Waals surface area contributed by atoms with Gasteiger partial charge in [-0.25, -0.2) is 20.0 Å². The molecule has 0 aromatic rings. The van der Waals surface area contributed by atoms with E-state index in [1.807, 2.05) is 6.92 Å². The van der Waals surface area contributed by atoms with E-state index in [1.165, 1.54) is 0 Å². The molecule has 0 aliphatic rings. The largest absolute Gasteiger partial charge is 0.350 e. The van der Waals surface area contributed by atoms with Crippen LogP contribution in [0.2, 0.25) is 0 Å². The Labute approximate surface area is 77.2 Å². The van der Waals surface area contributed by atoms with Crippen LogP contribution in [-0.2, 0) is 0 Å². The van der Waals surface area contributed by atoms with E-state index in [0.29, 0.717) is 6.54 Å². The SMILES string of the molecule is CCCCCN(NC(N)=O)C(N)=O. The molecule has 0 radical (unpaired) electrons. The van der Waals surface area contributed by atoms with E-state index >= 15 is 0 Å². The molecule has 0 saturated heterocycles. The lowest BCUT2D eigenvalue weighted by molar-refractivity contribution is 0.176. The molecule has 5 N–H and O–H groups in total. The second kappa shape index (κ2) is 6.10. The number of carbonyl (C=O) groups excluding carboxylic acids is 2. The molecular formula is C7H16N4O2. The molecule has 0 atom stereocenters. The van der Waals surface area contributed by atoms with Crippen LogP contribution in [0, 0.1) is 0 Å². The number of nitrogens with zero attached hydrogens (tertiary/aromatic N) is 1. The molecule has 0 aromatic carbocycles. The van der Waals surface area contributed by atoms with E-state index in [4.69, 9.17) is 11.5 Å². The predicted octanol–water partition coefficient (Wildman–Crippen LogP) is 0.141. The highest BCUT2D eigenvalue weighted by Crippen LogP contribution is 1.95. The fourth-order valence-corrected chi connectivity index (χ4v) is 0.874. The standard InChI is InChI=1S/C7H16N4O2/c1-2-3-4-5-11(7(9)13)10-6(8)12/h2-5H2,1H3,(H2,9,13)(H3,8,10,12). The molecule has 13 heavy (non-hydrogen) atoms. The molecule has 0 bridgehead atoms. The van der Waals surface area contributed by atoms with Gasteiger partial charge in [-0.05, 0) is 6.42 Å². The predicted molar refractivity (Wildman–Crippen MR) is 48.5 cm³/mol. The minimum absolute atomic E-state index is 0.395.